The lowest BCUT2D eigenvalue weighted by atomic mass is 10.2. The molecule has 0 atom stereocenters. The number of carbonyl (C=O) groups excluding carboxylic acids is 1. The maximum Gasteiger partial charge on any atom is 0.433 e. The van der Waals surface area contributed by atoms with Crippen molar-refractivity contribution in [3.63, 3.8) is 0 Å². The predicted octanol–water partition coefficient (Wildman–Crippen LogP) is 3.27. The van der Waals surface area contributed by atoms with Crippen LogP contribution < -0.4 is 0 Å². The average molecular weight is 297 g/mol. The zero-order valence-corrected chi connectivity index (χ0v) is 11.6. The molecular weight excluding hydrogens is 286 g/mol. The van der Waals surface area contributed by atoms with Gasteiger partial charge in [-0.1, -0.05) is 6.07 Å². The highest BCUT2D eigenvalue weighted by molar-refractivity contribution is 6.05. The van der Waals surface area contributed by atoms with Crippen LogP contribution in [0.5, 0.6) is 0 Å². The van der Waals surface area contributed by atoms with Crippen LogP contribution in [0.15, 0.2) is 40.8 Å². The number of imidazole rings is 1. The third-order valence-corrected chi connectivity index (χ3v) is 3.06. The van der Waals surface area contributed by atoms with E-state index in [-0.39, 0.29) is 23.3 Å². The van der Waals surface area contributed by atoms with Gasteiger partial charge in [-0.2, -0.15) is 0 Å². The number of nitro groups is 1. The molecule has 2 heterocycles. The number of aromatic amines is 1. The molecule has 3 rings (SSSR count). The molecule has 7 heteroatoms. The summed E-state index contributed by atoms with van der Waals surface area (Å²) in [4.78, 5) is 29.1. The molecule has 1 aromatic carbocycles. The minimum absolute atomic E-state index is 0.206. The maximum atomic E-state index is 12.1. The number of aryl methyl sites for hydroxylation is 1. The second kappa shape index (κ2) is 5.28. The zero-order valence-electron chi connectivity index (χ0n) is 11.6. The number of benzene rings is 1. The first-order valence-electron chi connectivity index (χ1n) is 6.46. The minimum atomic E-state index is -0.638. The summed E-state index contributed by atoms with van der Waals surface area (Å²) in [5.74, 6) is -0.274. The lowest BCUT2D eigenvalue weighted by molar-refractivity contribution is -0.402. The van der Waals surface area contributed by atoms with E-state index in [4.69, 9.17) is 4.42 Å². The fourth-order valence-electron chi connectivity index (χ4n) is 2.01. The van der Waals surface area contributed by atoms with Crippen LogP contribution in [-0.2, 0) is 0 Å². The van der Waals surface area contributed by atoms with Crippen molar-refractivity contribution in [2.24, 2.45) is 0 Å². The number of allylic oxidation sites excluding steroid dienone is 1. The van der Waals surface area contributed by atoms with Gasteiger partial charge in [-0.05, 0) is 42.8 Å². The van der Waals surface area contributed by atoms with E-state index in [0.29, 0.717) is 5.52 Å². The average Bonchev–Trinajstić information content (AvgIpc) is 3.10. The number of nitrogens with zero attached hydrogens (tertiary/aromatic N) is 2. The number of ketones is 1. The van der Waals surface area contributed by atoms with Gasteiger partial charge < -0.3 is 9.40 Å². The summed E-state index contributed by atoms with van der Waals surface area (Å²) >= 11 is 0. The van der Waals surface area contributed by atoms with Crippen LogP contribution in [0.4, 0.5) is 5.88 Å². The van der Waals surface area contributed by atoms with Crippen molar-refractivity contribution in [3.8, 4) is 0 Å². The van der Waals surface area contributed by atoms with Crippen molar-refractivity contribution in [1.82, 2.24) is 9.97 Å². The molecule has 3 aromatic rings. The van der Waals surface area contributed by atoms with Gasteiger partial charge in [0, 0.05) is 0 Å². The van der Waals surface area contributed by atoms with Crippen molar-refractivity contribution in [2.75, 3.05) is 0 Å². The molecule has 1 N–H and O–H groups in total. The van der Waals surface area contributed by atoms with E-state index in [1.807, 2.05) is 25.1 Å². The van der Waals surface area contributed by atoms with E-state index >= 15 is 0 Å². The Morgan fingerprint density at radius 2 is 2.18 bits per heavy atom. The third-order valence-electron chi connectivity index (χ3n) is 3.06. The smallest absolute Gasteiger partial charge is 0.401 e. The van der Waals surface area contributed by atoms with E-state index < -0.39 is 4.92 Å². The highest BCUT2D eigenvalue weighted by Gasteiger charge is 2.12. The molecule has 0 radical (unpaired) electrons. The number of H-pyrrole nitrogens is 1. The van der Waals surface area contributed by atoms with E-state index in [1.54, 1.807) is 0 Å². The number of hydrogen-bond acceptors (Lipinski definition) is 5. The second-order valence-electron chi connectivity index (χ2n) is 4.74. The number of hydrogen-bond donors (Lipinski definition) is 1. The summed E-state index contributed by atoms with van der Waals surface area (Å²) < 4.78 is 4.94. The Bertz CT molecular complexity index is 905. The molecular formula is C15H11N3O4. The number of fused-ring (bicyclic) bond motifs is 1. The summed E-state index contributed by atoms with van der Waals surface area (Å²) in [5, 5.41) is 10.5. The first kappa shape index (κ1) is 13.7. The largest absolute Gasteiger partial charge is 0.433 e. The summed E-state index contributed by atoms with van der Waals surface area (Å²) in [6, 6.07) is 8.30. The number of carbonyl (C=O) groups is 1. The molecule has 0 aliphatic carbocycles. The van der Waals surface area contributed by atoms with Crippen molar-refractivity contribution in [2.45, 2.75) is 6.92 Å². The highest BCUT2D eigenvalue weighted by atomic mass is 16.6. The van der Waals surface area contributed by atoms with Crippen LogP contribution in [0.2, 0.25) is 0 Å². The van der Waals surface area contributed by atoms with Crippen LogP contribution in [0.3, 0.4) is 0 Å². The van der Waals surface area contributed by atoms with E-state index in [9.17, 15) is 14.9 Å². The summed E-state index contributed by atoms with van der Waals surface area (Å²) in [5.41, 5.74) is 2.55. The van der Waals surface area contributed by atoms with Gasteiger partial charge in [0.25, 0.3) is 0 Å². The quantitative estimate of drug-likeness (QED) is 0.344. The van der Waals surface area contributed by atoms with Gasteiger partial charge in [-0.3, -0.25) is 14.9 Å². The number of nitrogens with one attached hydrogen (secondary N) is 1. The molecule has 0 aliphatic rings. The first-order valence-corrected chi connectivity index (χ1v) is 6.46. The molecule has 0 fully saturated rings. The lowest BCUT2D eigenvalue weighted by Crippen LogP contribution is -1.96. The predicted molar refractivity (Wildman–Crippen MR) is 79.6 cm³/mol. The molecule has 0 saturated carbocycles. The van der Waals surface area contributed by atoms with Gasteiger partial charge in [-0.15, -0.1) is 0 Å². The Hall–Kier alpha value is -3.22. The summed E-state index contributed by atoms with van der Waals surface area (Å²) in [6.07, 6.45) is 2.63. The van der Waals surface area contributed by atoms with E-state index in [2.05, 4.69) is 9.97 Å². The molecule has 0 bridgehead atoms. The van der Waals surface area contributed by atoms with Gasteiger partial charge in [-0.25, -0.2) is 4.98 Å². The van der Waals surface area contributed by atoms with Crippen molar-refractivity contribution < 1.29 is 14.1 Å². The Kier molecular flexibility index (Phi) is 3.30. The summed E-state index contributed by atoms with van der Waals surface area (Å²) in [7, 11) is 0. The first-order chi connectivity index (χ1) is 10.5. The fourth-order valence-corrected chi connectivity index (χ4v) is 2.01. The normalized spacial score (nSPS) is 11.3. The molecule has 22 heavy (non-hydrogen) atoms. The van der Waals surface area contributed by atoms with Gasteiger partial charge in [0.05, 0.1) is 17.1 Å². The standard InChI is InChI=1S/C15H11N3O4/c1-9-2-5-11-12(8-9)17-15(16-11)13(19)6-3-10-4-7-14(22-10)18(20)21/h2-8H,1H3,(H,16,17)/b6-3+. The van der Waals surface area contributed by atoms with E-state index in [1.165, 1.54) is 24.3 Å². The molecule has 7 nitrogen and oxygen atoms in total. The molecule has 0 saturated heterocycles. The van der Waals surface area contributed by atoms with Crippen molar-refractivity contribution >= 4 is 28.8 Å². The van der Waals surface area contributed by atoms with Crippen LogP contribution in [0.1, 0.15) is 21.9 Å². The Morgan fingerprint density at radius 3 is 2.91 bits per heavy atom. The Balaban J connectivity index is 1.82. The molecule has 0 spiro atoms. The van der Waals surface area contributed by atoms with Crippen LogP contribution in [-0.4, -0.2) is 20.7 Å². The molecule has 110 valence electrons. The topological polar surface area (TPSA) is 102 Å². The number of furan rings is 1. The summed E-state index contributed by atoms with van der Waals surface area (Å²) in [6.45, 7) is 1.95. The molecule has 0 amide bonds. The Morgan fingerprint density at radius 1 is 1.36 bits per heavy atom. The fraction of sp³-hybridized carbons (Fsp3) is 0.0667. The second-order valence-corrected chi connectivity index (χ2v) is 4.74. The van der Waals surface area contributed by atoms with E-state index in [0.717, 1.165) is 11.1 Å². The molecule has 0 unspecified atom stereocenters. The van der Waals surface area contributed by atoms with Gasteiger partial charge in [0.2, 0.25) is 5.78 Å². The number of aromatic nitrogens is 2. The van der Waals surface area contributed by atoms with Gasteiger partial charge >= 0.3 is 5.88 Å². The highest BCUT2D eigenvalue weighted by Crippen LogP contribution is 2.17. The zero-order chi connectivity index (χ0) is 15.7. The van der Waals surface area contributed by atoms with Crippen molar-refractivity contribution in [1.29, 1.82) is 0 Å². The Labute approximate surface area is 124 Å². The van der Waals surface area contributed by atoms with Crippen LogP contribution in [0, 0.1) is 17.0 Å². The maximum absolute atomic E-state index is 12.1. The molecule has 0 aliphatic heterocycles. The van der Waals surface area contributed by atoms with Gasteiger partial charge in [0.1, 0.15) is 10.7 Å². The van der Waals surface area contributed by atoms with Crippen LogP contribution >= 0.6 is 0 Å². The monoisotopic (exact) mass is 297 g/mol. The lowest BCUT2D eigenvalue weighted by Gasteiger charge is -1.89. The van der Waals surface area contributed by atoms with Crippen molar-refractivity contribution in [3.05, 3.63) is 63.7 Å². The number of rotatable bonds is 4. The molecule has 2 aromatic heterocycles. The SMILES string of the molecule is Cc1ccc2nc(C(=O)/C=C/c3ccc([N+](=O)[O-])o3)[nH]c2c1. The third kappa shape index (κ3) is 2.64. The minimum Gasteiger partial charge on any atom is -0.401 e. The van der Waals surface area contributed by atoms with Crippen LogP contribution in [0.25, 0.3) is 17.1 Å². The van der Waals surface area contributed by atoms with Gasteiger partial charge in [0.15, 0.2) is 5.82 Å².